The fourth-order valence-corrected chi connectivity index (χ4v) is 3.80. The molecule has 0 bridgehead atoms. The summed E-state index contributed by atoms with van der Waals surface area (Å²) in [4.78, 5) is 29.5. The molecule has 2 aromatic carbocycles. The number of fused-ring (bicyclic) bond motifs is 3. The fourth-order valence-electron chi connectivity index (χ4n) is 2.82. The van der Waals surface area contributed by atoms with Crippen molar-refractivity contribution in [1.29, 1.82) is 0 Å². The van der Waals surface area contributed by atoms with Crippen molar-refractivity contribution in [2.75, 3.05) is 7.11 Å². The van der Waals surface area contributed by atoms with Gasteiger partial charge >= 0.3 is 5.97 Å². The van der Waals surface area contributed by atoms with Crippen LogP contribution in [0.15, 0.2) is 47.3 Å². The molecule has 0 atom stereocenters. The van der Waals surface area contributed by atoms with Gasteiger partial charge in [0.15, 0.2) is 16.5 Å². The molecule has 0 aliphatic rings. The van der Waals surface area contributed by atoms with Crippen molar-refractivity contribution in [2.24, 2.45) is 0 Å². The molecule has 0 radical (unpaired) electrons. The molecule has 0 spiro atoms. The molecule has 0 N–H and O–H groups in total. The monoisotopic (exact) mass is 380 g/mol. The van der Waals surface area contributed by atoms with Crippen LogP contribution < -0.4 is 19.6 Å². The van der Waals surface area contributed by atoms with Gasteiger partial charge in [-0.2, -0.15) is 0 Å². The summed E-state index contributed by atoms with van der Waals surface area (Å²) in [6.45, 7) is 1.73. The predicted octanol–water partition coefficient (Wildman–Crippen LogP) is 2.78. The standard InChI is InChI=1S/C20H16N2O4S/c1-3-18(23)26-15-9-8-12(10-16(15)25-2)11-17-19(24)22-14-7-5-4-6-13(14)21-20(22)27-17/h4-11H,3H2,1-2H3/b17-11+. The van der Waals surface area contributed by atoms with Crippen LogP contribution in [0.4, 0.5) is 0 Å². The van der Waals surface area contributed by atoms with Gasteiger partial charge in [-0.3, -0.25) is 9.59 Å². The second kappa shape index (κ2) is 6.85. The molecule has 2 aromatic heterocycles. The Morgan fingerprint density at radius 3 is 2.81 bits per heavy atom. The lowest BCUT2D eigenvalue weighted by Gasteiger charge is -2.09. The second-order valence-electron chi connectivity index (χ2n) is 5.87. The van der Waals surface area contributed by atoms with E-state index in [0.29, 0.717) is 21.0 Å². The number of thiazole rings is 1. The third-order valence-electron chi connectivity index (χ3n) is 4.14. The van der Waals surface area contributed by atoms with E-state index in [-0.39, 0.29) is 17.9 Å². The first-order valence-electron chi connectivity index (χ1n) is 8.41. The Morgan fingerprint density at radius 1 is 1.22 bits per heavy atom. The maximum absolute atomic E-state index is 12.8. The molecule has 6 nitrogen and oxygen atoms in total. The highest BCUT2D eigenvalue weighted by molar-refractivity contribution is 7.15. The molecule has 136 valence electrons. The van der Waals surface area contributed by atoms with Crippen molar-refractivity contribution in [1.82, 2.24) is 9.38 Å². The number of methoxy groups -OCH3 is 1. The number of hydrogen-bond acceptors (Lipinski definition) is 6. The van der Waals surface area contributed by atoms with Crippen LogP contribution in [0.2, 0.25) is 0 Å². The van der Waals surface area contributed by atoms with E-state index >= 15 is 0 Å². The number of hydrogen-bond donors (Lipinski definition) is 0. The number of imidazole rings is 1. The number of aromatic nitrogens is 2. The molecule has 4 rings (SSSR count). The van der Waals surface area contributed by atoms with Gasteiger partial charge in [-0.25, -0.2) is 9.38 Å². The number of nitrogens with zero attached hydrogens (tertiary/aromatic N) is 2. The van der Waals surface area contributed by atoms with E-state index in [1.54, 1.807) is 35.6 Å². The van der Waals surface area contributed by atoms with Gasteiger partial charge < -0.3 is 9.47 Å². The first-order valence-corrected chi connectivity index (χ1v) is 9.23. The van der Waals surface area contributed by atoms with Gasteiger partial charge in [0.25, 0.3) is 5.56 Å². The van der Waals surface area contributed by atoms with E-state index in [1.807, 2.05) is 24.3 Å². The van der Waals surface area contributed by atoms with Crippen LogP contribution in [0.3, 0.4) is 0 Å². The second-order valence-corrected chi connectivity index (χ2v) is 6.88. The average Bonchev–Trinajstić information content (AvgIpc) is 3.19. The van der Waals surface area contributed by atoms with Gasteiger partial charge in [-0.05, 0) is 35.9 Å². The van der Waals surface area contributed by atoms with Crippen molar-refractivity contribution in [3.63, 3.8) is 0 Å². The Morgan fingerprint density at radius 2 is 2.04 bits per heavy atom. The number of rotatable bonds is 4. The highest BCUT2D eigenvalue weighted by Gasteiger charge is 2.12. The molecule has 0 aliphatic carbocycles. The molecular formula is C20H16N2O4S. The van der Waals surface area contributed by atoms with E-state index in [1.165, 1.54) is 18.4 Å². The van der Waals surface area contributed by atoms with Gasteiger partial charge in [0.2, 0.25) is 0 Å². The zero-order valence-electron chi connectivity index (χ0n) is 14.8. The highest BCUT2D eigenvalue weighted by atomic mass is 32.1. The van der Waals surface area contributed by atoms with Crippen molar-refractivity contribution in [3.8, 4) is 11.5 Å². The molecule has 0 saturated heterocycles. The summed E-state index contributed by atoms with van der Waals surface area (Å²) in [5.74, 6) is 0.457. The summed E-state index contributed by atoms with van der Waals surface area (Å²) in [6, 6.07) is 12.7. The lowest BCUT2D eigenvalue weighted by molar-refractivity contribution is -0.134. The zero-order chi connectivity index (χ0) is 19.0. The molecule has 0 fully saturated rings. The Hall–Kier alpha value is -3.19. The van der Waals surface area contributed by atoms with Crippen molar-refractivity contribution >= 4 is 39.4 Å². The van der Waals surface area contributed by atoms with Crippen molar-refractivity contribution in [2.45, 2.75) is 13.3 Å². The first kappa shape index (κ1) is 17.2. The smallest absolute Gasteiger partial charge is 0.311 e. The Balaban J connectivity index is 1.80. The molecule has 0 aliphatic heterocycles. The summed E-state index contributed by atoms with van der Waals surface area (Å²) >= 11 is 1.33. The van der Waals surface area contributed by atoms with Crippen LogP contribution >= 0.6 is 11.3 Å². The quantitative estimate of drug-likeness (QED) is 0.402. The summed E-state index contributed by atoms with van der Waals surface area (Å²) in [5, 5.41) is 0. The average molecular weight is 380 g/mol. The fraction of sp³-hybridized carbons (Fsp3) is 0.150. The molecular weight excluding hydrogens is 364 g/mol. The molecule has 0 amide bonds. The Labute approximate surface area is 158 Å². The van der Waals surface area contributed by atoms with E-state index in [0.717, 1.165) is 16.6 Å². The van der Waals surface area contributed by atoms with Crippen molar-refractivity contribution < 1.29 is 14.3 Å². The predicted molar refractivity (Wildman–Crippen MR) is 105 cm³/mol. The lowest BCUT2D eigenvalue weighted by atomic mass is 10.2. The third-order valence-corrected chi connectivity index (χ3v) is 5.11. The summed E-state index contributed by atoms with van der Waals surface area (Å²) in [5.41, 5.74) is 2.27. The molecule has 0 saturated carbocycles. The number of ether oxygens (including phenoxy) is 2. The summed E-state index contributed by atoms with van der Waals surface area (Å²) in [7, 11) is 1.51. The van der Waals surface area contributed by atoms with Gasteiger partial charge in [0.05, 0.1) is 22.7 Å². The molecule has 7 heteroatoms. The number of benzene rings is 2. The largest absolute Gasteiger partial charge is 0.493 e. The van der Waals surface area contributed by atoms with Gasteiger partial charge in [0, 0.05) is 6.42 Å². The minimum atomic E-state index is -0.335. The zero-order valence-corrected chi connectivity index (χ0v) is 15.6. The number of carbonyl (C=O) groups excluding carboxylic acids is 1. The van der Waals surface area contributed by atoms with E-state index < -0.39 is 0 Å². The molecule has 2 heterocycles. The van der Waals surface area contributed by atoms with Crippen LogP contribution in [0.25, 0.3) is 22.1 Å². The van der Waals surface area contributed by atoms with E-state index in [9.17, 15) is 9.59 Å². The SMILES string of the molecule is CCC(=O)Oc1ccc(/C=c2/sc3nc4ccccc4n3c2=O)cc1OC. The van der Waals surface area contributed by atoms with Gasteiger partial charge in [-0.15, -0.1) is 0 Å². The van der Waals surface area contributed by atoms with E-state index in [2.05, 4.69) is 4.98 Å². The van der Waals surface area contributed by atoms with Crippen LogP contribution in [0, 0.1) is 0 Å². The summed E-state index contributed by atoms with van der Waals surface area (Å²) in [6.07, 6.45) is 2.06. The van der Waals surface area contributed by atoms with Crippen LogP contribution in [-0.4, -0.2) is 22.5 Å². The Bertz CT molecular complexity index is 1270. The van der Waals surface area contributed by atoms with Crippen LogP contribution in [-0.2, 0) is 4.79 Å². The van der Waals surface area contributed by atoms with E-state index in [4.69, 9.17) is 9.47 Å². The molecule has 0 unspecified atom stereocenters. The maximum Gasteiger partial charge on any atom is 0.311 e. The number of para-hydroxylation sites is 2. The Kier molecular flexibility index (Phi) is 4.37. The number of esters is 1. The van der Waals surface area contributed by atoms with Crippen LogP contribution in [0.5, 0.6) is 11.5 Å². The minimum Gasteiger partial charge on any atom is -0.493 e. The van der Waals surface area contributed by atoms with Gasteiger partial charge in [-0.1, -0.05) is 36.5 Å². The third kappa shape index (κ3) is 3.06. The molecule has 4 aromatic rings. The minimum absolute atomic E-state index is 0.107. The number of carbonyl (C=O) groups is 1. The van der Waals surface area contributed by atoms with Gasteiger partial charge in [0.1, 0.15) is 0 Å². The highest BCUT2D eigenvalue weighted by Crippen LogP contribution is 2.28. The maximum atomic E-state index is 12.8. The summed E-state index contributed by atoms with van der Waals surface area (Å²) < 4.78 is 12.8. The normalized spacial score (nSPS) is 12.0. The molecule has 27 heavy (non-hydrogen) atoms. The topological polar surface area (TPSA) is 69.9 Å². The van der Waals surface area contributed by atoms with Crippen LogP contribution in [0.1, 0.15) is 18.9 Å². The lowest BCUT2D eigenvalue weighted by Crippen LogP contribution is -2.22. The first-order chi connectivity index (χ1) is 13.1. The van der Waals surface area contributed by atoms with Crippen molar-refractivity contribution in [3.05, 3.63) is 62.9 Å².